The highest BCUT2D eigenvalue weighted by atomic mass is 19.4. The molecule has 1 unspecified atom stereocenters. The van der Waals surface area contributed by atoms with Crippen molar-refractivity contribution in [1.82, 2.24) is 5.32 Å². The Balaban J connectivity index is 1.98. The Labute approximate surface area is 103 Å². The van der Waals surface area contributed by atoms with Crippen molar-refractivity contribution >= 4 is 0 Å². The highest BCUT2D eigenvalue weighted by Gasteiger charge is 2.32. The van der Waals surface area contributed by atoms with Gasteiger partial charge >= 0.3 is 6.36 Å². The molecular weight excluding hydrogens is 247 g/mol. The molecule has 1 heterocycles. The maximum atomic E-state index is 12.2. The summed E-state index contributed by atoms with van der Waals surface area (Å²) in [5, 5.41) is 3.21. The molecule has 1 aliphatic heterocycles. The van der Waals surface area contributed by atoms with Gasteiger partial charge < -0.3 is 14.8 Å². The molecule has 1 aromatic rings. The minimum atomic E-state index is -4.70. The zero-order chi connectivity index (χ0) is 13.0. The molecule has 0 bridgehead atoms. The van der Waals surface area contributed by atoms with Gasteiger partial charge in [0.25, 0.3) is 0 Å². The van der Waals surface area contributed by atoms with Crippen LogP contribution in [0.15, 0.2) is 24.3 Å². The van der Waals surface area contributed by atoms with Gasteiger partial charge in [-0.1, -0.05) is 12.1 Å². The molecule has 0 radical (unpaired) electrons. The average molecular weight is 261 g/mol. The third-order valence-electron chi connectivity index (χ3n) is 2.68. The highest BCUT2D eigenvalue weighted by molar-refractivity contribution is 5.39. The first-order valence-electron chi connectivity index (χ1n) is 5.75. The van der Waals surface area contributed by atoms with Crippen molar-refractivity contribution in [3.8, 4) is 11.5 Å². The van der Waals surface area contributed by atoms with Crippen molar-refractivity contribution in [2.24, 2.45) is 0 Å². The van der Waals surface area contributed by atoms with Gasteiger partial charge in [0.15, 0.2) is 11.5 Å². The number of para-hydroxylation sites is 2. The fourth-order valence-corrected chi connectivity index (χ4v) is 1.87. The summed E-state index contributed by atoms with van der Waals surface area (Å²) in [6.45, 7) is 1.27. The van der Waals surface area contributed by atoms with E-state index in [1.54, 1.807) is 6.07 Å². The number of halogens is 3. The number of benzene rings is 1. The van der Waals surface area contributed by atoms with Crippen LogP contribution >= 0.6 is 0 Å². The fourth-order valence-electron chi connectivity index (χ4n) is 1.87. The normalized spacial score (nSPS) is 19.8. The maximum absolute atomic E-state index is 12.2. The molecule has 0 saturated carbocycles. The molecule has 0 amide bonds. The lowest BCUT2D eigenvalue weighted by molar-refractivity contribution is -0.275. The summed E-state index contributed by atoms with van der Waals surface area (Å²) < 4.78 is 45.8. The molecule has 6 heteroatoms. The topological polar surface area (TPSA) is 30.5 Å². The van der Waals surface area contributed by atoms with Crippen LogP contribution < -0.4 is 14.8 Å². The van der Waals surface area contributed by atoms with Crippen LogP contribution in [0.1, 0.15) is 12.8 Å². The Bertz CT molecular complexity index is 389. The molecular formula is C12H14F3NO2. The zero-order valence-corrected chi connectivity index (χ0v) is 9.67. The molecule has 3 nitrogen and oxygen atoms in total. The fraction of sp³-hybridized carbons (Fsp3) is 0.500. The number of hydrogen-bond acceptors (Lipinski definition) is 3. The number of alkyl halides is 3. The van der Waals surface area contributed by atoms with Crippen molar-refractivity contribution < 1.29 is 22.6 Å². The molecule has 1 N–H and O–H groups in total. The lowest BCUT2D eigenvalue weighted by Gasteiger charge is -2.16. The third-order valence-corrected chi connectivity index (χ3v) is 2.68. The molecule has 18 heavy (non-hydrogen) atoms. The van der Waals surface area contributed by atoms with E-state index in [-0.39, 0.29) is 17.5 Å². The standard InChI is InChI=1S/C12H14F3NO2/c13-12(14,15)18-11-6-2-1-5-10(11)17-8-9-4-3-7-16-9/h1-2,5-6,9,16H,3-4,7-8H2. The van der Waals surface area contributed by atoms with Gasteiger partial charge in [-0.25, -0.2) is 0 Å². The highest BCUT2D eigenvalue weighted by Crippen LogP contribution is 2.31. The van der Waals surface area contributed by atoms with Crippen LogP contribution in [-0.2, 0) is 0 Å². The van der Waals surface area contributed by atoms with E-state index in [4.69, 9.17) is 4.74 Å². The van der Waals surface area contributed by atoms with Crippen molar-refractivity contribution in [3.63, 3.8) is 0 Å². The van der Waals surface area contributed by atoms with Crippen LogP contribution in [-0.4, -0.2) is 25.6 Å². The molecule has 1 aromatic carbocycles. The van der Waals surface area contributed by atoms with E-state index in [0.717, 1.165) is 19.4 Å². The summed E-state index contributed by atoms with van der Waals surface area (Å²) in [5.41, 5.74) is 0. The van der Waals surface area contributed by atoms with Crippen molar-refractivity contribution in [1.29, 1.82) is 0 Å². The molecule has 1 saturated heterocycles. The van der Waals surface area contributed by atoms with Crippen LogP contribution in [0.3, 0.4) is 0 Å². The maximum Gasteiger partial charge on any atom is 0.573 e. The van der Waals surface area contributed by atoms with E-state index in [1.165, 1.54) is 18.2 Å². The van der Waals surface area contributed by atoms with E-state index < -0.39 is 6.36 Å². The molecule has 0 aromatic heterocycles. The van der Waals surface area contributed by atoms with Crippen molar-refractivity contribution in [3.05, 3.63) is 24.3 Å². The number of hydrogen-bond donors (Lipinski definition) is 1. The van der Waals surface area contributed by atoms with Crippen LogP contribution in [0.4, 0.5) is 13.2 Å². The van der Waals surface area contributed by atoms with Gasteiger partial charge in [-0.05, 0) is 31.5 Å². The number of ether oxygens (including phenoxy) is 2. The monoisotopic (exact) mass is 261 g/mol. The Kier molecular flexibility index (Phi) is 3.96. The van der Waals surface area contributed by atoms with Gasteiger partial charge in [0.2, 0.25) is 0 Å². The Hall–Kier alpha value is -1.43. The molecule has 1 atom stereocenters. The minimum Gasteiger partial charge on any atom is -0.488 e. The molecule has 2 rings (SSSR count). The summed E-state index contributed by atoms with van der Waals surface area (Å²) in [6.07, 6.45) is -2.66. The van der Waals surface area contributed by atoms with Gasteiger partial charge in [-0.15, -0.1) is 13.2 Å². The third kappa shape index (κ3) is 3.80. The predicted molar refractivity (Wildman–Crippen MR) is 59.6 cm³/mol. The van der Waals surface area contributed by atoms with Crippen LogP contribution in [0.5, 0.6) is 11.5 Å². The zero-order valence-electron chi connectivity index (χ0n) is 9.67. The summed E-state index contributed by atoms with van der Waals surface area (Å²) in [6, 6.07) is 5.99. The van der Waals surface area contributed by atoms with Crippen LogP contribution in [0, 0.1) is 0 Å². The largest absolute Gasteiger partial charge is 0.573 e. The summed E-state index contributed by atoms with van der Waals surface area (Å²) in [4.78, 5) is 0. The van der Waals surface area contributed by atoms with Gasteiger partial charge in [-0.3, -0.25) is 0 Å². The summed E-state index contributed by atoms with van der Waals surface area (Å²) in [5.74, 6) is -0.188. The first kappa shape index (κ1) is 13.0. The molecule has 0 aliphatic carbocycles. The van der Waals surface area contributed by atoms with E-state index >= 15 is 0 Å². The molecule has 100 valence electrons. The van der Waals surface area contributed by atoms with Crippen molar-refractivity contribution in [2.45, 2.75) is 25.2 Å². The second-order valence-corrected chi connectivity index (χ2v) is 4.10. The number of rotatable bonds is 4. The second-order valence-electron chi connectivity index (χ2n) is 4.10. The first-order valence-corrected chi connectivity index (χ1v) is 5.75. The van der Waals surface area contributed by atoms with Crippen LogP contribution in [0.25, 0.3) is 0 Å². The predicted octanol–water partition coefficient (Wildman–Crippen LogP) is 2.72. The Morgan fingerprint density at radius 3 is 2.56 bits per heavy atom. The lowest BCUT2D eigenvalue weighted by atomic mass is 10.2. The lowest BCUT2D eigenvalue weighted by Crippen LogP contribution is -2.28. The van der Waals surface area contributed by atoms with Crippen LogP contribution in [0.2, 0.25) is 0 Å². The van der Waals surface area contributed by atoms with Gasteiger partial charge in [0, 0.05) is 6.04 Å². The van der Waals surface area contributed by atoms with Crippen molar-refractivity contribution in [2.75, 3.05) is 13.2 Å². The molecule has 1 aliphatic rings. The summed E-state index contributed by atoms with van der Waals surface area (Å²) >= 11 is 0. The van der Waals surface area contributed by atoms with E-state index in [2.05, 4.69) is 10.1 Å². The Morgan fingerprint density at radius 1 is 1.22 bits per heavy atom. The smallest absolute Gasteiger partial charge is 0.488 e. The minimum absolute atomic E-state index is 0.114. The van der Waals surface area contributed by atoms with Gasteiger partial charge in [0.05, 0.1) is 0 Å². The van der Waals surface area contributed by atoms with E-state index in [9.17, 15) is 13.2 Å². The quantitative estimate of drug-likeness (QED) is 0.904. The van der Waals surface area contributed by atoms with E-state index in [0.29, 0.717) is 6.61 Å². The SMILES string of the molecule is FC(F)(F)Oc1ccccc1OCC1CCCN1. The second kappa shape index (κ2) is 5.48. The first-order chi connectivity index (χ1) is 8.54. The molecule has 0 spiro atoms. The summed E-state index contributed by atoms with van der Waals surface area (Å²) in [7, 11) is 0. The van der Waals surface area contributed by atoms with Gasteiger partial charge in [0.1, 0.15) is 6.61 Å². The van der Waals surface area contributed by atoms with E-state index in [1.807, 2.05) is 0 Å². The Morgan fingerprint density at radius 2 is 1.94 bits per heavy atom. The average Bonchev–Trinajstić information content (AvgIpc) is 2.79. The molecule has 1 fully saturated rings. The number of nitrogens with one attached hydrogen (secondary N) is 1. The van der Waals surface area contributed by atoms with Gasteiger partial charge in [-0.2, -0.15) is 0 Å².